The predicted molar refractivity (Wildman–Crippen MR) is 83.0 cm³/mol. The summed E-state index contributed by atoms with van der Waals surface area (Å²) in [6.07, 6.45) is -0.522. The molecule has 0 aromatic heterocycles. The molecule has 2 aromatic carbocycles. The third-order valence-corrected chi connectivity index (χ3v) is 2.91. The quantitative estimate of drug-likeness (QED) is 0.820. The zero-order valence-electron chi connectivity index (χ0n) is 12.4. The summed E-state index contributed by atoms with van der Waals surface area (Å²) in [6.45, 7) is 0.0579. The van der Waals surface area contributed by atoms with Crippen LogP contribution in [-0.2, 0) is 22.7 Å². The van der Waals surface area contributed by atoms with Crippen LogP contribution in [0.3, 0.4) is 0 Å². The zero-order chi connectivity index (χ0) is 16.5. The van der Waals surface area contributed by atoms with E-state index in [2.05, 4.69) is 5.32 Å². The summed E-state index contributed by atoms with van der Waals surface area (Å²) >= 11 is 0. The van der Waals surface area contributed by atoms with Crippen LogP contribution in [0.5, 0.6) is 5.75 Å². The van der Waals surface area contributed by atoms with Crippen molar-refractivity contribution >= 4 is 12.1 Å². The first-order valence-electron chi connectivity index (χ1n) is 7.01. The van der Waals surface area contributed by atoms with E-state index in [1.165, 1.54) is 0 Å². The zero-order valence-corrected chi connectivity index (χ0v) is 12.4. The van der Waals surface area contributed by atoms with Crippen LogP contribution in [0.1, 0.15) is 11.1 Å². The van der Waals surface area contributed by atoms with Crippen LogP contribution >= 0.6 is 0 Å². The van der Waals surface area contributed by atoms with Crippen molar-refractivity contribution in [2.24, 2.45) is 0 Å². The Hall–Kier alpha value is -3.02. The molecule has 0 atom stereocenters. The minimum Gasteiger partial charge on any atom is -0.482 e. The van der Waals surface area contributed by atoms with Gasteiger partial charge in [-0.2, -0.15) is 0 Å². The number of carbonyl (C=O) groups is 2. The van der Waals surface area contributed by atoms with Gasteiger partial charge in [0.15, 0.2) is 6.61 Å². The van der Waals surface area contributed by atoms with Gasteiger partial charge in [-0.05, 0) is 23.3 Å². The number of carboxylic acid groups (broad SMARTS) is 1. The van der Waals surface area contributed by atoms with Crippen LogP contribution in [-0.4, -0.2) is 23.8 Å². The lowest BCUT2D eigenvalue weighted by Crippen LogP contribution is -2.23. The lowest BCUT2D eigenvalue weighted by molar-refractivity contribution is -0.139. The molecule has 0 aliphatic heterocycles. The summed E-state index contributed by atoms with van der Waals surface area (Å²) in [4.78, 5) is 22.1. The van der Waals surface area contributed by atoms with Crippen molar-refractivity contribution in [3.63, 3.8) is 0 Å². The SMILES string of the molecule is O=C(O)COc1cccc(CNC(=O)OCc2ccccc2)c1. The maximum atomic E-state index is 11.6. The van der Waals surface area contributed by atoms with E-state index in [1.807, 2.05) is 30.3 Å². The van der Waals surface area contributed by atoms with Gasteiger partial charge in [0, 0.05) is 6.54 Å². The van der Waals surface area contributed by atoms with E-state index in [1.54, 1.807) is 24.3 Å². The molecule has 0 aliphatic rings. The van der Waals surface area contributed by atoms with Gasteiger partial charge in [0.25, 0.3) is 0 Å². The van der Waals surface area contributed by atoms with Crippen LogP contribution in [0.15, 0.2) is 54.6 Å². The molecule has 120 valence electrons. The van der Waals surface area contributed by atoms with Gasteiger partial charge in [0.1, 0.15) is 12.4 Å². The smallest absolute Gasteiger partial charge is 0.407 e. The maximum absolute atomic E-state index is 11.6. The molecule has 0 radical (unpaired) electrons. The number of rotatable bonds is 7. The van der Waals surface area contributed by atoms with Crippen molar-refractivity contribution < 1.29 is 24.2 Å². The van der Waals surface area contributed by atoms with Gasteiger partial charge >= 0.3 is 12.1 Å². The van der Waals surface area contributed by atoms with Gasteiger partial charge in [-0.3, -0.25) is 0 Å². The lowest BCUT2D eigenvalue weighted by Gasteiger charge is -2.09. The highest BCUT2D eigenvalue weighted by Crippen LogP contribution is 2.13. The molecule has 0 fully saturated rings. The molecule has 0 saturated carbocycles. The molecule has 2 aromatic rings. The van der Waals surface area contributed by atoms with Gasteiger partial charge in [0.05, 0.1) is 0 Å². The monoisotopic (exact) mass is 315 g/mol. The second kappa shape index (κ2) is 8.43. The fraction of sp³-hybridized carbons (Fsp3) is 0.176. The average Bonchev–Trinajstić information content (AvgIpc) is 2.57. The van der Waals surface area contributed by atoms with Crippen molar-refractivity contribution in [3.8, 4) is 5.75 Å². The number of hydrogen-bond acceptors (Lipinski definition) is 4. The third kappa shape index (κ3) is 6.09. The van der Waals surface area contributed by atoms with E-state index >= 15 is 0 Å². The molecule has 6 nitrogen and oxygen atoms in total. The fourth-order valence-electron chi connectivity index (χ4n) is 1.84. The Balaban J connectivity index is 1.77. The topological polar surface area (TPSA) is 84.9 Å². The first-order chi connectivity index (χ1) is 11.1. The number of carbonyl (C=O) groups excluding carboxylic acids is 1. The number of alkyl carbamates (subject to hydrolysis) is 1. The molecule has 0 aliphatic carbocycles. The van der Waals surface area contributed by atoms with Crippen molar-refractivity contribution in [2.45, 2.75) is 13.2 Å². The Kier molecular flexibility index (Phi) is 5.99. The highest BCUT2D eigenvalue weighted by Gasteiger charge is 2.04. The first-order valence-corrected chi connectivity index (χ1v) is 7.01. The van der Waals surface area contributed by atoms with E-state index in [-0.39, 0.29) is 13.2 Å². The summed E-state index contributed by atoms with van der Waals surface area (Å²) < 4.78 is 10.2. The van der Waals surface area contributed by atoms with Gasteiger partial charge in [0.2, 0.25) is 0 Å². The van der Waals surface area contributed by atoms with E-state index in [0.29, 0.717) is 5.75 Å². The van der Waals surface area contributed by atoms with Crippen molar-refractivity contribution in [1.82, 2.24) is 5.32 Å². The molecular weight excluding hydrogens is 298 g/mol. The van der Waals surface area contributed by atoms with Crippen LogP contribution in [0.4, 0.5) is 4.79 Å². The van der Waals surface area contributed by atoms with E-state index in [9.17, 15) is 9.59 Å². The number of carboxylic acids is 1. The van der Waals surface area contributed by atoms with E-state index < -0.39 is 18.7 Å². The predicted octanol–water partition coefficient (Wildman–Crippen LogP) is 2.58. The van der Waals surface area contributed by atoms with Crippen LogP contribution < -0.4 is 10.1 Å². The molecule has 0 bridgehead atoms. The number of benzene rings is 2. The molecule has 2 rings (SSSR count). The van der Waals surface area contributed by atoms with Gasteiger partial charge in [-0.15, -0.1) is 0 Å². The summed E-state index contributed by atoms with van der Waals surface area (Å²) in [6, 6.07) is 16.2. The molecule has 1 amide bonds. The Morgan fingerprint density at radius 1 is 1.00 bits per heavy atom. The highest BCUT2D eigenvalue weighted by molar-refractivity contribution is 5.68. The van der Waals surface area contributed by atoms with Crippen molar-refractivity contribution in [3.05, 3.63) is 65.7 Å². The van der Waals surface area contributed by atoms with Crippen LogP contribution in [0, 0.1) is 0 Å². The van der Waals surface area contributed by atoms with Gasteiger partial charge in [-0.1, -0.05) is 42.5 Å². The number of ether oxygens (including phenoxy) is 2. The number of amides is 1. The summed E-state index contributed by atoms with van der Waals surface area (Å²) in [7, 11) is 0. The summed E-state index contributed by atoms with van der Waals surface area (Å²) in [5, 5.41) is 11.2. The Morgan fingerprint density at radius 2 is 1.74 bits per heavy atom. The number of nitrogens with one attached hydrogen (secondary N) is 1. The summed E-state index contributed by atoms with van der Waals surface area (Å²) in [5.74, 6) is -0.609. The Labute approximate surface area is 133 Å². The van der Waals surface area contributed by atoms with Gasteiger partial charge in [-0.25, -0.2) is 9.59 Å². The molecule has 0 spiro atoms. The minimum atomic E-state index is -1.04. The molecule has 6 heteroatoms. The molecule has 0 heterocycles. The Morgan fingerprint density at radius 3 is 2.48 bits per heavy atom. The van der Waals surface area contributed by atoms with Crippen molar-refractivity contribution in [2.75, 3.05) is 6.61 Å². The van der Waals surface area contributed by atoms with E-state index in [0.717, 1.165) is 11.1 Å². The number of hydrogen-bond donors (Lipinski definition) is 2. The molecule has 0 unspecified atom stereocenters. The second-order valence-electron chi connectivity index (χ2n) is 4.75. The standard InChI is InChI=1S/C17H17NO5/c19-16(20)12-22-15-8-4-7-14(9-15)10-18-17(21)23-11-13-5-2-1-3-6-13/h1-9H,10-12H2,(H,18,21)(H,19,20). The largest absolute Gasteiger partial charge is 0.482 e. The third-order valence-electron chi connectivity index (χ3n) is 2.91. The summed E-state index contributed by atoms with van der Waals surface area (Å²) in [5.41, 5.74) is 1.69. The van der Waals surface area contributed by atoms with Crippen molar-refractivity contribution in [1.29, 1.82) is 0 Å². The highest BCUT2D eigenvalue weighted by atomic mass is 16.5. The van der Waals surface area contributed by atoms with Gasteiger partial charge < -0.3 is 19.9 Å². The lowest BCUT2D eigenvalue weighted by atomic mass is 10.2. The van der Waals surface area contributed by atoms with Crippen LogP contribution in [0.2, 0.25) is 0 Å². The Bertz CT molecular complexity index is 657. The normalized spacial score (nSPS) is 9.91. The molecule has 2 N–H and O–H groups in total. The minimum absolute atomic E-state index is 0.203. The second-order valence-corrected chi connectivity index (χ2v) is 4.75. The van der Waals surface area contributed by atoms with Crippen LogP contribution in [0.25, 0.3) is 0 Å². The van der Waals surface area contributed by atoms with E-state index in [4.69, 9.17) is 14.6 Å². The first kappa shape index (κ1) is 16.4. The number of aliphatic carboxylic acids is 1. The average molecular weight is 315 g/mol. The fourth-order valence-corrected chi connectivity index (χ4v) is 1.84. The molecule has 23 heavy (non-hydrogen) atoms. The maximum Gasteiger partial charge on any atom is 0.407 e. The molecular formula is C17H17NO5. The molecule has 0 saturated heterocycles.